The Balaban J connectivity index is 0. The molecule has 0 saturated heterocycles. The summed E-state index contributed by atoms with van der Waals surface area (Å²) in [5, 5.41) is 20.4. The van der Waals surface area contributed by atoms with Gasteiger partial charge < -0.3 is 38.0 Å². The van der Waals surface area contributed by atoms with Crippen LogP contribution in [0.2, 0.25) is 0 Å². The van der Waals surface area contributed by atoms with E-state index in [1.54, 1.807) is 0 Å². The Kier molecular flexibility index (Phi) is 16.0. The number of ketones is 1. The maximum atomic E-state index is 11.9. The van der Waals surface area contributed by atoms with Gasteiger partial charge in [0.25, 0.3) is 0 Å². The number of rotatable bonds is 13. The topological polar surface area (TPSA) is 240 Å². The van der Waals surface area contributed by atoms with Crippen molar-refractivity contribution in [3.63, 3.8) is 0 Å². The zero-order chi connectivity index (χ0) is 26.2. The van der Waals surface area contributed by atoms with Crippen LogP contribution in [-0.4, -0.2) is 82.9 Å². The molecule has 33 heavy (non-hydrogen) atoms. The van der Waals surface area contributed by atoms with E-state index in [1.807, 2.05) is 0 Å². The van der Waals surface area contributed by atoms with Gasteiger partial charge in [-0.15, -0.1) is 11.6 Å². The summed E-state index contributed by atoms with van der Waals surface area (Å²) in [5.74, 6) is -5.82. The van der Waals surface area contributed by atoms with Crippen LogP contribution in [0.25, 0.3) is 0 Å². The van der Waals surface area contributed by atoms with Crippen LogP contribution in [0, 0.1) is 0 Å². The Morgan fingerprint density at radius 2 is 1.61 bits per heavy atom. The van der Waals surface area contributed by atoms with Crippen LogP contribution in [-0.2, 0) is 24.0 Å². The van der Waals surface area contributed by atoms with Crippen molar-refractivity contribution in [2.75, 3.05) is 19.0 Å². The van der Waals surface area contributed by atoms with Gasteiger partial charge in [0.2, 0.25) is 11.8 Å². The first-order valence-corrected chi connectivity index (χ1v) is 9.63. The second kappa shape index (κ2) is 16.5. The zero-order valence-corrected chi connectivity index (χ0v) is 18.0. The molecule has 0 aliphatic heterocycles. The number of nitrogens with zero attached hydrogens (tertiary/aromatic N) is 1. The number of Topliss-reactive ketones (excluding diaryl/α,β-unsaturated/α-hetero) is 1. The highest BCUT2D eigenvalue weighted by atomic mass is 35.5. The number of carbonyl (C=O) groups is 5. The normalized spacial score (nSPS) is 12.3. The molecule has 0 aromatic carbocycles. The Bertz CT molecular complexity index is 717. The largest absolute Gasteiger partial charge is 0.490 e. The van der Waals surface area contributed by atoms with Crippen molar-refractivity contribution in [2.45, 2.75) is 43.9 Å². The smallest absolute Gasteiger partial charge is 0.481 e. The Morgan fingerprint density at radius 1 is 1.06 bits per heavy atom. The third kappa shape index (κ3) is 18.2. The van der Waals surface area contributed by atoms with Crippen molar-refractivity contribution >= 4 is 47.1 Å². The summed E-state index contributed by atoms with van der Waals surface area (Å²) in [4.78, 5) is 58.4. The summed E-state index contributed by atoms with van der Waals surface area (Å²) in [6.45, 7) is -0.112. The van der Waals surface area contributed by atoms with Gasteiger partial charge in [-0.1, -0.05) is 0 Å². The second-order valence-corrected chi connectivity index (χ2v) is 6.50. The third-order valence-corrected chi connectivity index (χ3v) is 3.74. The number of guanidine groups is 1. The predicted octanol–water partition coefficient (Wildman–Crippen LogP) is -1.73. The van der Waals surface area contributed by atoms with Crippen LogP contribution in [0.5, 0.6) is 0 Å². The maximum absolute atomic E-state index is 11.9. The van der Waals surface area contributed by atoms with Gasteiger partial charge >= 0.3 is 18.1 Å². The average molecular weight is 507 g/mol. The summed E-state index contributed by atoms with van der Waals surface area (Å²) in [7, 11) is 0. The zero-order valence-electron chi connectivity index (χ0n) is 17.2. The lowest BCUT2D eigenvalue weighted by molar-refractivity contribution is -0.192. The van der Waals surface area contributed by atoms with Crippen molar-refractivity contribution in [2.24, 2.45) is 22.2 Å². The number of nitrogens with one attached hydrogen (secondary N) is 2. The molecule has 0 unspecified atom stereocenters. The molecule has 0 aromatic rings. The number of hydrogen-bond donors (Lipinski definition) is 7. The summed E-state index contributed by atoms with van der Waals surface area (Å²) in [6.07, 6.45) is -4.68. The first-order chi connectivity index (χ1) is 15.1. The number of carboxylic acid groups (broad SMARTS) is 2. The number of alkyl halides is 4. The van der Waals surface area contributed by atoms with E-state index >= 15 is 0 Å². The molecular formula is C16H26ClF3N6O7. The van der Waals surface area contributed by atoms with Gasteiger partial charge in [-0.3, -0.25) is 24.2 Å². The summed E-state index contributed by atoms with van der Waals surface area (Å²) in [5.41, 5.74) is 15.9. The lowest BCUT2D eigenvalue weighted by Gasteiger charge is -2.17. The predicted molar refractivity (Wildman–Crippen MR) is 109 cm³/mol. The molecule has 0 saturated carbocycles. The van der Waals surface area contributed by atoms with Crippen molar-refractivity contribution < 1.29 is 47.4 Å². The van der Waals surface area contributed by atoms with Crippen LogP contribution in [0.3, 0.4) is 0 Å². The Hall–Kier alpha value is -3.14. The van der Waals surface area contributed by atoms with Crippen LogP contribution in [0.4, 0.5) is 13.2 Å². The molecule has 0 rings (SSSR count). The van der Waals surface area contributed by atoms with E-state index in [0.717, 1.165) is 0 Å². The van der Waals surface area contributed by atoms with E-state index in [1.165, 1.54) is 0 Å². The van der Waals surface area contributed by atoms with Gasteiger partial charge in [0.05, 0.1) is 24.5 Å². The minimum atomic E-state index is -5.08. The molecule has 10 N–H and O–H groups in total. The minimum absolute atomic E-state index is 0.0546. The Morgan fingerprint density at radius 3 is 2.03 bits per heavy atom. The molecule has 0 aromatic heterocycles. The van der Waals surface area contributed by atoms with Gasteiger partial charge in [0.1, 0.15) is 0 Å². The van der Waals surface area contributed by atoms with Crippen LogP contribution >= 0.6 is 11.6 Å². The first kappa shape index (κ1) is 32.0. The average Bonchev–Trinajstić information content (AvgIpc) is 2.71. The maximum Gasteiger partial charge on any atom is 0.490 e. The summed E-state index contributed by atoms with van der Waals surface area (Å²) >= 11 is 5.52. The SMILES string of the molecule is NC(N)=NCCC[C@H](NC(=O)CNC(=O)[C@@H](N)CCC(=O)O)C(=O)CCl.O=C(O)C(F)(F)F. The van der Waals surface area contributed by atoms with Crippen molar-refractivity contribution in [1.82, 2.24) is 10.6 Å². The number of nitrogens with two attached hydrogens (primary N) is 3. The van der Waals surface area contributed by atoms with Gasteiger partial charge in [-0.2, -0.15) is 13.2 Å². The molecule has 190 valence electrons. The molecule has 0 radical (unpaired) electrons. The molecule has 0 bridgehead atoms. The van der Waals surface area contributed by atoms with Crippen LogP contribution in [0.1, 0.15) is 25.7 Å². The van der Waals surface area contributed by atoms with Crippen molar-refractivity contribution in [3.05, 3.63) is 0 Å². The highest BCUT2D eigenvalue weighted by molar-refractivity contribution is 6.28. The van der Waals surface area contributed by atoms with Crippen LogP contribution < -0.4 is 27.8 Å². The number of carbonyl (C=O) groups excluding carboxylic acids is 3. The van der Waals surface area contributed by atoms with E-state index in [4.69, 9.17) is 43.8 Å². The van der Waals surface area contributed by atoms with Crippen molar-refractivity contribution in [1.29, 1.82) is 0 Å². The minimum Gasteiger partial charge on any atom is -0.481 e. The highest BCUT2D eigenvalue weighted by Gasteiger charge is 2.38. The Labute approximate surface area is 190 Å². The molecule has 2 amide bonds. The molecule has 13 nitrogen and oxygen atoms in total. The molecule has 0 aliphatic carbocycles. The molecule has 0 heterocycles. The van der Waals surface area contributed by atoms with E-state index in [2.05, 4.69) is 15.6 Å². The summed E-state index contributed by atoms with van der Waals surface area (Å²) in [6, 6.07) is -1.87. The van der Waals surface area contributed by atoms with Crippen LogP contribution in [0.15, 0.2) is 4.99 Å². The molecular weight excluding hydrogens is 481 g/mol. The number of hydrogen-bond acceptors (Lipinski definition) is 7. The molecule has 0 aliphatic rings. The van der Waals surface area contributed by atoms with E-state index < -0.39 is 48.6 Å². The number of amides is 2. The van der Waals surface area contributed by atoms with E-state index in [-0.39, 0.29) is 36.9 Å². The second-order valence-electron chi connectivity index (χ2n) is 6.23. The lowest BCUT2D eigenvalue weighted by atomic mass is 10.1. The van der Waals surface area contributed by atoms with Gasteiger partial charge in [0, 0.05) is 13.0 Å². The fraction of sp³-hybridized carbons (Fsp3) is 0.625. The monoisotopic (exact) mass is 506 g/mol. The quantitative estimate of drug-likeness (QED) is 0.0644. The number of carboxylic acids is 2. The third-order valence-electron chi connectivity index (χ3n) is 3.47. The highest BCUT2D eigenvalue weighted by Crippen LogP contribution is 2.13. The number of aliphatic carboxylic acids is 2. The van der Waals surface area contributed by atoms with E-state index in [9.17, 15) is 32.3 Å². The van der Waals surface area contributed by atoms with Gasteiger partial charge in [-0.25, -0.2) is 4.79 Å². The lowest BCUT2D eigenvalue weighted by Crippen LogP contribution is -2.48. The number of aliphatic imine (C=N–C) groups is 1. The van der Waals surface area contributed by atoms with Crippen molar-refractivity contribution in [3.8, 4) is 0 Å². The first-order valence-electron chi connectivity index (χ1n) is 9.10. The van der Waals surface area contributed by atoms with E-state index in [0.29, 0.717) is 13.0 Å². The fourth-order valence-electron chi connectivity index (χ4n) is 1.86. The fourth-order valence-corrected chi connectivity index (χ4v) is 2.05. The molecule has 0 spiro atoms. The van der Waals surface area contributed by atoms with Gasteiger partial charge in [-0.05, 0) is 19.3 Å². The number of halogens is 4. The molecule has 2 atom stereocenters. The summed E-state index contributed by atoms with van der Waals surface area (Å²) < 4.78 is 31.7. The molecule has 0 fully saturated rings. The standard InChI is InChI=1S/C14H25ClN6O5.C2HF3O2/c15-6-10(22)9(2-1-5-19-14(17)18)21-11(23)7-20-13(26)8(16)3-4-12(24)25;3-2(4,5)1(6)7/h8-9H,1-7,16H2,(H,20,26)(H,21,23)(H,24,25)(H4,17,18,19);(H,6,7)/t8-,9-;/m0./s1. The molecule has 17 heteroatoms. The van der Waals surface area contributed by atoms with Gasteiger partial charge in [0.15, 0.2) is 11.7 Å².